The molecule has 1 unspecified atom stereocenters. The molecule has 5 rings (SSSR count). The topological polar surface area (TPSA) is 87.5 Å². The van der Waals surface area contributed by atoms with Crippen molar-refractivity contribution < 1.29 is 18.8 Å². The smallest absolute Gasteiger partial charge is 0.402 e. The first kappa shape index (κ1) is 23.5. The van der Waals surface area contributed by atoms with Gasteiger partial charge in [0.2, 0.25) is 0 Å². The summed E-state index contributed by atoms with van der Waals surface area (Å²) in [5.74, 6) is -0.254. The zero-order chi connectivity index (χ0) is 24.1. The van der Waals surface area contributed by atoms with Crippen molar-refractivity contribution in [2.45, 2.75) is 77.7 Å². The van der Waals surface area contributed by atoms with Crippen molar-refractivity contribution in [3.05, 3.63) is 34.4 Å². The standard InChI is InChI=1S/C24H31BN4O4S/c1-15-26-20(13-34-15)22(30)27-18-10-16(25-32-23(2,3)14-24(4,5)33-25)11-19-17(18)12-29(28-19)21-8-6-7-9-31-21/h10-13,21H,6-9,14H2,1-5H3,(H,27,30). The summed E-state index contributed by atoms with van der Waals surface area (Å²) in [5, 5.41) is 11.3. The van der Waals surface area contributed by atoms with E-state index in [1.54, 1.807) is 5.38 Å². The molecule has 0 bridgehead atoms. The second kappa shape index (κ2) is 8.75. The number of nitrogens with one attached hydrogen (secondary N) is 1. The molecular weight excluding hydrogens is 451 g/mol. The Balaban J connectivity index is 1.55. The van der Waals surface area contributed by atoms with Crippen LogP contribution in [-0.2, 0) is 14.0 Å². The summed E-state index contributed by atoms with van der Waals surface area (Å²) in [6.45, 7) is 10.9. The number of hydrogen-bond donors (Lipinski definition) is 1. The van der Waals surface area contributed by atoms with Crippen LogP contribution in [0.25, 0.3) is 10.9 Å². The van der Waals surface area contributed by atoms with Crippen LogP contribution >= 0.6 is 11.3 Å². The predicted molar refractivity (Wildman–Crippen MR) is 134 cm³/mol. The van der Waals surface area contributed by atoms with Crippen LogP contribution in [0.15, 0.2) is 23.7 Å². The molecule has 1 atom stereocenters. The first-order valence-corrected chi connectivity index (χ1v) is 12.7. The number of benzene rings is 1. The molecule has 1 N–H and O–H groups in total. The molecule has 0 saturated carbocycles. The van der Waals surface area contributed by atoms with E-state index in [9.17, 15) is 4.79 Å². The number of aryl methyl sites for hydroxylation is 1. The summed E-state index contributed by atoms with van der Waals surface area (Å²) in [4.78, 5) is 17.3. The lowest BCUT2D eigenvalue weighted by Crippen LogP contribution is -2.56. The number of hydrogen-bond acceptors (Lipinski definition) is 7. The Labute approximate surface area is 204 Å². The number of nitrogens with zero attached hydrogens (tertiary/aromatic N) is 3. The van der Waals surface area contributed by atoms with Gasteiger partial charge in [0, 0.05) is 30.0 Å². The van der Waals surface area contributed by atoms with Gasteiger partial charge < -0.3 is 19.4 Å². The van der Waals surface area contributed by atoms with E-state index in [0.29, 0.717) is 11.4 Å². The van der Waals surface area contributed by atoms with Crippen LogP contribution in [-0.4, -0.2) is 45.6 Å². The molecule has 2 saturated heterocycles. The van der Waals surface area contributed by atoms with Crippen LogP contribution in [0.3, 0.4) is 0 Å². The molecule has 0 spiro atoms. The Morgan fingerprint density at radius 3 is 2.62 bits per heavy atom. The molecular formula is C24H31BN4O4S. The summed E-state index contributed by atoms with van der Waals surface area (Å²) in [5.41, 5.74) is 1.92. The van der Waals surface area contributed by atoms with Crippen molar-refractivity contribution >= 4 is 46.4 Å². The maximum Gasteiger partial charge on any atom is 0.494 e. The van der Waals surface area contributed by atoms with E-state index in [0.717, 1.165) is 53.7 Å². The minimum absolute atomic E-state index is 0.102. The van der Waals surface area contributed by atoms with Crippen LogP contribution in [0.5, 0.6) is 0 Å². The van der Waals surface area contributed by atoms with Gasteiger partial charge in [0.25, 0.3) is 5.91 Å². The fraction of sp³-hybridized carbons (Fsp3) is 0.542. The summed E-state index contributed by atoms with van der Waals surface area (Å²) in [7, 11) is -0.573. The lowest BCUT2D eigenvalue weighted by Gasteiger charge is -2.44. The first-order valence-electron chi connectivity index (χ1n) is 11.8. The Hall–Kier alpha value is -2.27. The Morgan fingerprint density at radius 1 is 1.21 bits per heavy atom. The average molecular weight is 482 g/mol. The molecule has 0 radical (unpaired) electrons. The van der Waals surface area contributed by atoms with E-state index in [4.69, 9.17) is 19.1 Å². The van der Waals surface area contributed by atoms with Crippen molar-refractivity contribution in [3.8, 4) is 0 Å². The van der Waals surface area contributed by atoms with E-state index in [1.165, 1.54) is 11.3 Å². The van der Waals surface area contributed by atoms with Crippen LogP contribution in [0.1, 0.15) is 75.1 Å². The van der Waals surface area contributed by atoms with E-state index in [-0.39, 0.29) is 23.3 Å². The van der Waals surface area contributed by atoms with Crippen LogP contribution < -0.4 is 10.8 Å². The number of thiazole rings is 1. The van der Waals surface area contributed by atoms with E-state index < -0.39 is 7.12 Å². The maximum absolute atomic E-state index is 13.0. The number of amides is 1. The van der Waals surface area contributed by atoms with Gasteiger partial charge in [-0.3, -0.25) is 4.79 Å². The molecule has 180 valence electrons. The number of ether oxygens (including phenoxy) is 1. The highest BCUT2D eigenvalue weighted by molar-refractivity contribution is 7.09. The van der Waals surface area contributed by atoms with Crippen LogP contribution in [0.2, 0.25) is 0 Å². The summed E-state index contributed by atoms with van der Waals surface area (Å²) in [6.07, 6.45) is 5.71. The van der Waals surface area contributed by atoms with Gasteiger partial charge in [0.1, 0.15) is 11.9 Å². The van der Waals surface area contributed by atoms with Crippen molar-refractivity contribution in [1.82, 2.24) is 14.8 Å². The Kier molecular flexibility index (Phi) is 6.04. The largest absolute Gasteiger partial charge is 0.494 e. The molecule has 1 amide bonds. The zero-order valence-electron chi connectivity index (χ0n) is 20.4. The summed E-state index contributed by atoms with van der Waals surface area (Å²) < 4.78 is 20.4. The molecule has 8 nitrogen and oxygen atoms in total. The SMILES string of the molecule is Cc1nc(C(=O)Nc2cc(B3OC(C)(C)CC(C)(C)O3)cc3nn(C4CCCCO4)cc23)cs1. The minimum atomic E-state index is -0.573. The van der Waals surface area contributed by atoms with Gasteiger partial charge in [0.05, 0.1) is 27.4 Å². The fourth-order valence-corrected chi connectivity index (χ4v) is 5.58. The van der Waals surface area contributed by atoms with Crippen molar-refractivity contribution in [3.63, 3.8) is 0 Å². The van der Waals surface area contributed by atoms with Gasteiger partial charge in [-0.15, -0.1) is 11.3 Å². The van der Waals surface area contributed by atoms with Gasteiger partial charge in [-0.1, -0.05) is 0 Å². The van der Waals surface area contributed by atoms with Crippen LogP contribution in [0.4, 0.5) is 5.69 Å². The lowest BCUT2D eigenvalue weighted by atomic mass is 9.72. The normalized spacial score (nSPS) is 22.1. The lowest BCUT2D eigenvalue weighted by molar-refractivity contribution is -0.0716. The first-order chi connectivity index (χ1) is 16.1. The fourth-order valence-electron chi connectivity index (χ4n) is 4.99. The van der Waals surface area contributed by atoms with Gasteiger partial charge in [-0.25, -0.2) is 9.67 Å². The molecule has 3 aromatic rings. The van der Waals surface area contributed by atoms with Crippen molar-refractivity contribution in [2.75, 3.05) is 11.9 Å². The van der Waals surface area contributed by atoms with Gasteiger partial charge in [-0.2, -0.15) is 5.10 Å². The third kappa shape index (κ3) is 4.91. The summed E-state index contributed by atoms with van der Waals surface area (Å²) in [6, 6.07) is 3.91. The third-order valence-corrected chi connectivity index (χ3v) is 6.96. The van der Waals surface area contributed by atoms with E-state index in [1.807, 2.05) is 29.9 Å². The Bertz CT molecular complexity index is 1200. The number of aromatic nitrogens is 3. The molecule has 2 aromatic heterocycles. The number of carbonyl (C=O) groups is 1. The van der Waals surface area contributed by atoms with Crippen molar-refractivity contribution in [2.24, 2.45) is 0 Å². The molecule has 34 heavy (non-hydrogen) atoms. The number of rotatable bonds is 4. The zero-order valence-corrected chi connectivity index (χ0v) is 21.2. The Morgan fingerprint density at radius 2 is 1.97 bits per heavy atom. The molecule has 1 aromatic carbocycles. The molecule has 2 fully saturated rings. The van der Waals surface area contributed by atoms with Crippen molar-refractivity contribution in [1.29, 1.82) is 0 Å². The highest BCUT2D eigenvalue weighted by atomic mass is 32.1. The number of anilines is 1. The second-order valence-electron chi connectivity index (χ2n) is 10.4. The highest BCUT2D eigenvalue weighted by Gasteiger charge is 2.44. The molecule has 10 heteroatoms. The van der Waals surface area contributed by atoms with Gasteiger partial charge in [0.15, 0.2) is 0 Å². The quantitative estimate of drug-likeness (QED) is 0.554. The summed E-state index contributed by atoms with van der Waals surface area (Å²) >= 11 is 1.45. The maximum atomic E-state index is 13.0. The minimum Gasteiger partial charge on any atom is -0.402 e. The second-order valence-corrected chi connectivity index (χ2v) is 11.5. The van der Waals surface area contributed by atoms with Gasteiger partial charge >= 0.3 is 7.12 Å². The monoisotopic (exact) mass is 482 g/mol. The molecule has 2 aliphatic heterocycles. The number of carbonyl (C=O) groups excluding carboxylic acids is 1. The third-order valence-electron chi connectivity index (χ3n) is 6.19. The predicted octanol–water partition coefficient (Wildman–Crippen LogP) is 4.44. The highest BCUT2D eigenvalue weighted by Crippen LogP contribution is 2.34. The average Bonchev–Trinajstić information content (AvgIpc) is 3.38. The molecule has 4 heterocycles. The molecule has 2 aliphatic rings. The van der Waals surface area contributed by atoms with Gasteiger partial charge in [-0.05, 0) is 71.5 Å². The molecule has 0 aliphatic carbocycles. The number of fused-ring (bicyclic) bond motifs is 1. The van der Waals surface area contributed by atoms with E-state index >= 15 is 0 Å². The van der Waals surface area contributed by atoms with E-state index in [2.05, 4.69) is 38.0 Å². The van der Waals surface area contributed by atoms with Crippen LogP contribution in [0, 0.1) is 6.92 Å².